The summed E-state index contributed by atoms with van der Waals surface area (Å²) in [5.41, 5.74) is 1.46. The molecule has 0 spiro atoms. The van der Waals surface area contributed by atoms with Gasteiger partial charge in [-0.05, 0) is 24.3 Å². The van der Waals surface area contributed by atoms with Crippen molar-refractivity contribution in [3.63, 3.8) is 0 Å². The van der Waals surface area contributed by atoms with Crippen LogP contribution in [0.5, 0.6) is 0 Å². The zero-order valence-corrected chi connectivity index (χ0v) is 13.6. The van der Waals surface area contributed by atoms with Crippen LogP contribution in [0.3, 0.4) is 0 Å². The molecule has 3 aromatic heterocycles. The Balaban J connectivity index is 1.66. The summed E-state index contributed by atoms with van der Waals surface area (Å²) in [5, 5.41) is 0.949. The number of pyridine rings is 2. The SMILES string of the molecule is O=C(c1cc2ccc(-c3ccc(=O)[nH]c3)nc2s1)N1CCOCC1. The van der Waals surface area contributed by atoms with Crippen molar-refractivity contribution in [1.29, 1.82) is 0 Å². The highest BCUT2D eigenvalue weighted by Gasteiger charge is 2.20. The van der Waals surface area contributed by atoms with Crippen LogP contribution < -0.4 is 5.56 Å². The van der Waals surface area contributed by atoms with Crippen LogP contribution in [0.25, 0.3) is 21.5 Å². The van der Waals surface area contributed by atoms with E-state index in [0.29, 0.717) is 31.2 Å². The highest BCUT2D eigenvalue weighted by molar-refractivity contribution is 7.20. The first kappa shape index (κ1) is 15.0. The molecule has 24 heavy (non-hydrogen) atoms. The minimum absolute atomic E-state index is 0.0342. The van der Waals surface area contributed by atoms with Gasteiger partial charge in [0.25, 0.3) is 5.91 Å². The maximum atomic E-state index is 12.6. The molecule has 6 nitrogen and oxygen atoms in total. The molecule has 0 atom stereocenters. The van der Waals surface area contributed by atoms with E-state index in [4.69, 9.17) is 4.74 Å². The first-order valence-electron chi connectivity index (χ1n) is 7.67. The number of H-pyrrole nitrogens is 1. The van der Waals surface area contributed by atoms with Crippen molar-refractivity contribution >= 4 is 27.5 Å². The molecule has 4 rings (SSSR count). The topological polar surface area (TPSA) is 75.3 Å². The van der Waals surface area contributed by atoms with E-state index >= 15 is 0 Å². The summed E-state index contributed by atoms with van der Waals surface area (Å²) < 4.78 is 5.29. The third kappa shape index (κ3) is 2.83. The lowest BCUT2D eigenvalue weighted by atomic mass is 10.2. The molecular formula is C17H15N3O3S. The molecule has 0 unspecified atom stereocenters. The number of thiophene rings is 1. The van der Waals surface area contributed by atoms with E-state index in [-0.39, 0.29) is 11.5 Å². The largest absolute Gasteiger partial charge is 0.378 e. The number of nitrogens with zero attached hydrogens (tertiary/aromatic N) is 2. The third-order valence-electron chi connectivity index (χ3n) is 3.97. The van der Waals surface area contributed by atoms with Crippen LogP contribution >= 0.6 is 11.3 Å². The zero-order valence-electron chi connectivity index (χ0n) is 12.8. The average Bonchev–Trinajstić information content (AvgIpc) is 3.05. The fraction of sp³-hybridized carbons (Fsp3) is 0.235. The second kappa shape index (κ2) is 6.18. The van der Waals surface area contributed by atoms with Crippen LogP contribution in [0.1, 0.15) is 9.67 Å². The highest BCUT2D eigenvalue weighted by atomic mass is 32.1. The number of nitrogens with one attached hydrogen (secondary N) is 1. The van der Waals surface area contributed by atoms with Crippen molar-refractivity contribution in [2.24, 2.45) is 0 Å². The summed E-state index contributed by atoms with van der Waals surface area (Å²) in [4.78, 5) is 34.3. The van der Waals surface area contributed by atoms with Gasteiger partial charge in [-0.25, -0.2) is 4.98 Å². The molecule has 0 aliphatic carbocycles. The maximum Gasteiger partial charge on any atom is 0.264 e. The van der Waals surface area contributed by atoms with Gasteiger partial charge in [0.15, 0.2) is 0 Å². The van der Waals surface area contributed by atoms with Gasteiger partial charge in [0.1, 0.15) is 4.83 Å². The zero-order chi connectivity index (χ0) is 16.5. The van der Waals surface area contributed by atoms with E-state index in [0.717, 1.165) is 21.5 Å². The molecule has 1 saturated heterocycles. The number of ether oxygens (including phenoxy) is 1. The van der Waals surface area contributed by atoms with Gasteiger partial charge in [0.2, 0.25) is 5.56 Å². The quantitative estimate of drug-likeness (QED) is 0.775. The number of rotatable bonds is 2. The number of aromatic amines is 1. The highest BCUT2D eigenvalue weighted by Crippen LogP contribution is 2.28. The second-order valence-electron chi connectivity index (χ2n) is 5.55. The Bertz CT molecular complexity index is 937. The van der Waals surface area contributed by atoms with Crippen molar-refractivity contribution in [1.82, 2.24) is 14.9 Å². The Hall–Kier alpha value is -2.51. The molecule has 0 aromatic carbocycles. The Morgan fingerprint density at radius 1 is 1.21 bits per heavy atom. The van der Waals surface area contributed by atoms with Crippen molar-refractivity contribution in [2.45, 2.75) is 0 Å². The van der Waals surface area contributed by atoms with E-state index in [1.807, 2.05) is 23.1 Å². The van der Waals surface area contributed by atoms with E-state index in [9.17, 15) is 9.59 Å². The van der Waals surface area contributed by atoms with Crippen LogP contribution in [-0.2, 0) is 4.74 Å². The maximum absolute atomic E-state index is 12.6. The minimum Gasteiger partial charge on any atom is -0.378 e. The summed E-state index contributed by atoms with van der Waals surface area (Å²) in [6.45, 7) is 2.43. The van der Waals surface area contributed by atoms with Crippen LogP contribution in [0, 0.1) is 0 Å². The summed E-state index contributed by atoms with van der Waals surface area (Å²) in [6.07, 6.45) is 1.64. The molecule has 3 aromatic rings. The van der Waals surface area contributed by atoms with Crippen molar-refractivity contribution < 1.29 is 9.53 Å². The monoisotopic (exact) mass is 341 g/mol. The molecule has 0 saturated carbocycles. The molecular weight excluding hydrogens is 326 g/mol. The molecule has 1 aliphatic rings. The smallest absolute Gasteiger partial charge is 0.264 e. The van der Waals surface area contributed by atoms with Crippen LogP contribution in [0.4, 0.5) is 0 Å². The van der Waals surface area contributed by atoms with Crippen LogP contribution in [-0.4, -0.2) is 47.1 Å². The fourth-order valence-corrected chi connectivity index (χ4v) is 3.68. The molecule has 1 amide bonds. The van der Waals surface area contributed by atoms with Gasteiger partial charge in [0, 0.05) is 36.3 Å². The summed E-state index contributed by atoms with van der Waals surface area (Å²) in [6, 6.07) is 8.95. The molecule has 1 aliphatic heterocycles. The Labute approximate surface area is 141 Å². The summed E-state index contributed by atoms with van der Waals surface area (Å²) in [5.74, 6) is 0.0342. The van der Waals surface area contributed by atoms with Gasteiger partial charge in [0.05, 0.1) is 23.8 Å². The third-order valence-corrected chi connectivity index (χ3v) is 5.00. The Morgan fingerprint density at radius 3 is 2.79 bits per heavy atom. The fourth-order valence-electron chi connectivity index (χ4n) is 2.68. The second-order valence-corrected chi connectivity index (χ2v) is 6.58. The molecule has 0 bridgehead atoms. The molecule has 1 N–H and O–H groups in total. The number of amides is 1. The van der Waals surface area contributed by atoms with Gasteiger partial charge in [-0.2, -0.15) is 0 Å². The average molecular weight is 341 g/mol. The number of morpholine rings is 1. The van der Waals surface area contributed by atoms with E-state index in [1.165, 1.54) is 17.4 Å². The lowest BCUT2D eigenvalue weighted by molar-refractivity contribution is 0.0306. The van der Waals surface area contributed by atoms with Gasteiger partial charge >= 0.3 is 0 Å². The van der Waals surface area contributed by atoms with Crippen molar-refractivity contribution in [3.05, 3.63) is 51.8 Å². The predicted molar refractivity (Wildman–Crippen MR) is 92.4 cm³/mol. The summed E-state index contributed by atoms with van der Waals surface area (Å²) >= 11 is 1.40. The number of fused-ring (bicyclic) bond motifs is 1. The lowest BCUT2D eigenvalue weighted by Crippen LogP contribution is -2.40. The van der Waals surface area contributed by atoms with Crippen LogP contribution in [0.2, 0.25) is 0 Å². The minimum atomic E-state index is -0.144. The standard InChI is InChI=1S/C17H15N3O3S/c21-15-4-2-12(10-18-15)13-3-1-11-9-14(24-16(11)19-13)17(22)20-5-7-23-8-6-20/h1-4,9-10H,5-8H2,(H,18,21). The van der Waals surface area contributed by atoms with Gasteiger partial charge < -0.3 is 14.6 Å². The summed E-state index contributed by atoms with van der Waals surface area (Å²) in [7, 11) is 0. The van der Waals surface area contributed by atoms with E-state index in [1.54, 1.807) is 12.3 Å². The van der Waals surface area contributed by atoms with E-state index in [2.05, 4.69) is 9.97 Å². The molecule has 7 heteroatoms. The molecule has 122 valence electrons. The first-order valence-corrected chi connectivity index (χ1v) is 8.49. The Morgan fingerprint density at radius 2 is 2.04 bits per heavy atom. The van der Waals surface area contributed by atoms with Gasteiger partial charge in [-0.3, -0.25) is 9.59 Å². The van der Waals surface area contributed by atoms with Gasteiger partial charge in [-0.1, -0.05) is 0 Å². The van der Waals surface area contributed by atoms with Gasteiger partial charge in [-0.15, -0.1) is 11.3 Å². The predicted octanol–water partition coefficient (Wildman–Crippen LogP) is 2.12. The van der Waals surface area contributed by atoms with Crippen molar-refractivity contribution in [2.75, 3.05) is 26.3 Å². The first-order chi connectivity index (χ1) is 11.7. The molecule has 4 heterocycles. The van der Waals surface area contributed by atoms with Crippen LogP contribution in [0.15, 0.2) is 41.3 Å². The number of carbonyl (C=O) groups is 1. The molecule has 0 radical (unpaired) electrons. The van der Waals surface area contributed by atoms with Crippen molar-refractivity contribution in [3.8, 4) is 11.3 Å². The number of hydrogen-bond donors (Lipinski definition) is 1. The number of carbonyl (C=O) groups excluding carboxylic acids is 1. The number of hydrogen-bond acceptors (Lipinski definition) is 5. The lowest BCUT2D eigenvalue weighted by Gasteiger charge is -2.26. The normalized spacial score (nSPS) is 14.9. The number of aromatic nitrogens is 2. The molecule has 1 fully saturated rings. The Kier molecular flexibility index (Phi) is 3.87. The van der Waals surface area contributed by atoms with E-state index < -0.39 is 0 Å².